The summed E-state index contributed by atoms with van der Waals surface area (Å²) in [4.78, 5) is 29.0. The largest absolute Gasteiger partial charge is 0.347 e. The molecule has 6 heteroatoms. The van der Waals surface area contributed by atoms with E-state index in [0.717, 1.165) is 28.8 Å². The van der Waals surface area contributed by atoms with Crippen LogP contribution in [0.25, 0.3) is 11.0 Å². The third-order valence-electron chi connectivity index (χ3n) is 6.85. The van der Waals surface area contributed by atoms with Crippen molar-refractivity contribution >= 4 is 22.8 Å². The van der Waals surface area contributed by atoms with E-state index >= 15 is 0 Å². The summed E-state index contributed by atoms with van der Waals surface area (Å²) in [7, 11) is 0. The zero-order valence-corrected chi connectivity index (χ0v) is 15.5. The zero-order chi connectivity index (χ0) is 18.4. The van der Waals surface area contributed by atoms with Crippen molar-refractivity contribution in [2.24, 2.45) is 23.2 Å². The van der Waals surface area contributed by atoms with Gasteiger partial charge in [0.05, 0.1) is 17.6 Å². The van der Waals surface area contributed by atoms with Crippen molar-refractivity contribution < 1.29 is 9.59 Å². The van der Waals surface area contributed by atoms with Gasteiger partial charge in [-0.1, -0.05) is 12.1 Å². The van der Waals surface area contributed by atoms with Gasteiger partial charge >= 0.3 is 0 Å². The summed E-state index contributed by atoms with van der Waals surface area (Å²) < 4.78 is 1.60. The van der Waals surface area contributed by atoms with E-state index in [-0.39, 0.29) is 23.8 Å². The van der Waals surface area contributed by atoms with E-state index in [9.17, 15) is 9.59 Å². The number of nitrogens with one attached hydrogen (secondary N) is 2. The fourth-order valence-corrected chi connectivity index (χ4v) is 6.31. The molecular weight excluding hydrogens is 340 g/mol. The summed E-state index contributed by atoms with van der Waals surface area (Å²) in [5.41, 5.74) is 4.65. The smallest absolute Gasteiger partial charge is 0.258 e. The highest BCUT2D eigenvalue weighted by Crippen LogP contribution is 2.61. The third-order valence-corrected chi connectivity index (χ3v) is 6.85. The number of carbonyl (C=O) groups is 2. The maximum Gasteiger partial charge on any atom is 0.258 e. The third kappa shape index (κ3) is 3.22. The Kier molecular flexibility index (Phi) is 3.95. The summed E-state index contributed by atoms with van der Waals surface area (Å²) in [6.45, 7) is -0.00228. The van der Waals surface area contributed by atoms with Gasteiger partial charge in [0.2, 0.25) is 5.91 Å². The van der Waals surface area contributed by atoms with Gasteiger partial charge in [0.15, 0.2) is 0 Å². The number of benzene rings is 1. The van der Waals surface area contributed by atoms with Crippen LogP contribution in [0, 0.1) is 23.2 Å². The normalized spacial score (nSPS) is 31.2. The Morgan fingerprint density at radius 1 is 1.04 bits per heavy atom. The van der Waals surface area contributed by atoms with E-state index in [1.54, 1.807) is 11.0 Å². The Bertz CT molecular complexity index is 852. The quantitative estimate of drug-likeness (QED) is 0.854. The molecule has 4 aliphatic carbocycles. The van der Waals surface area contributed by atoms with Crippen molar-refractivity contribution in [3.8, 4) is 0 Å². The van der Waals surface area contributed by atoms with Gasteiger partial charge < -0.3 is 5.32 Å². The number of hydrogen-bond acceptors (Lipinski definition) is 3. The predicted molar refractivity (Wildman–Crippen MR) is 102 cm³/mol. The SMILES string of the molecule is O=C(CC12CC3CC(CC(C3)C1)C2)NCC(=O)Nn1cnc2ccccc21. The topological polar surface area (TPSA) is 76.0 Å². The lowest BCUT2D eigenvalue weighted by atomic mass is 9.49. The molecule has 0 aliphatic heterocycles. The number of imidazole rings is 1. The number of rotatable bonds is 5. The van der Waals surface area contributed by atoms with Crippen LogP contribution in [-0.4, -0.2) is 28.0 Å². The van der Waals surface area contributed by atoms with Crippen LogP contribution >= 0.6 is 0 Å². The summed E-state index contributed by atoms with van der Waals surface area (Å²) in [6, 6.07) is 7.60. The van der Waals surface area contributed by atoms with E-state index in [1.807, 2.05) is 24.3 Å². The van der Waals surface area contributed by atoms with Gasteiger partial charge in [-0.15, -0.1) is 0 Å². The second-order valence-corrected chi connectivity index (χ2v) is 9.01. The Balaban J connectivity index is 1.16. The molecule has 6 nitrogen and oxygen atoms in total. The average Bonchev–Trinajstić information content (AvgIpc) is 3.01. The first-order valence-corrected chi connectivity index (χ1v) is 10.1. The number of amides is 2. The Labute approximate surface area is 158 Å². The number of hydrogen-bond donors (Lipinski definition) is 2. The molecule has 6 rings (SSSR count). The van der Waals surface area contributed by atoms with Gasteiger partial charge in [0, 0.05) is 6.42 Å². The standard InChI is InChI=1S/C21H26N4O2/c26-19(11-21-8-14-5-15(9-21)7-16(6-14)10-21)22-12-20(27)24-25-13-23-17-3-1-2-4-18(17)25/h1-4,13-16H,5-12H2,(H,22,26)(H,24,27). The minimum atomic E-state index is -0.239. The highest BCUT2D eigenvalue weighted by atomic mass is 16.2. The molecule has 0 unspecified atom stereocenters. The van der Waals surface area contributed by atoms with Crippen molar-refractivity contribution in [2.75, 3.05) is 12.0 Å². The minimum absolute atomic E-state index is 0.00228. The molecule has 2 aromatic rings. The molecule has 0 saturated heterocycles. The molecule has 2 amide bonds. The van der Waals surface area contributed by atoms with Crippen LogP contribution in [-0.2, 0) is 9.59 Å². The first kappa shape index (κ1) is 16.8. The maximum absolute atomic E-state index is 12.5. The molecule has 0 atom stereocenters. The number of fused-ring (bicyclic) bond motifs is 1. The maximum atomic E-state index is 12.5. The zero-order valence-electron chi connectivity index (χ0n) is 15.5. The van der Waals surface area contributed by atoms with Crippen molar-refractivity contribution in [3.05, 3.63) is 30.6 Å². The van der Waals surface area contributed by atoms with E-state index in [4.69, 9.17) is 0 Å². The average molecular weight is 366 g/mol. The second kappa shape index (κ2) is 6.36. The van der Waals surface area contributed by atoms with Gasteiger partial charge in [0.25, 0.3) is 5.91 Å². The van der Waals surface area contributed by atoms with Crippen LogP contribution in [0.2, 0.25) is 0 Å². The monoisotopic (exact) mass is 366 g/mol. The number of aromatic nitrogens is 2. The van der Waals surface area contributed by atoms with E-state index in [0.29, 0.717) is 6.42 Å². The molecule has 4 aliphatic rings. The lowest BCUT2D eigenvalue weighted by Crippen LogP contribution is -2.48. The summed E-state index contributed by atoms with van der Waals surface area (Å²) in [5, 5.41) is 2.83. The van der Waals surface area contributed by atoms with E-state index in [2.05, 4.69) is 15.7 Å². The molecule has 1 aromatic heterocycles. The Morgan fingerprint density at radius 3 is 2.41 bits per heavy atom. The van der Waals surface area contributed by atoms with Crippen LogP contribution in [0.15, 0.2) is 30.6 Å². The van der Waals surface area contributed by atoms with Crippen LogP contribution in [0.5, 0.6) is 0 Å². The first-order valence-electron chi connectivity index (χ1n) is 10.1. The molecule has 142 valence electrons. The Morgan fingerprint density at radius 2 is 1.70 bits per heavy atom. The van der Waals surface area contributed by atoms with Gasteiger partial charge in [-0.25, -0.2) is 9.66 Å². The van der Waals surface area contributed by atoms with Crippen molar-refractivity contribution in [1.29, 1.82) is 0 Å². The molecule has 4 saturated carbocycles. The fraction of sp³-hybridized carbons (Fsp3) is 0.571. The first-order chi connectivity index (χ1) is 13.1. The van der Waals surface area contributed by atoms with Crippen LogP contribution in [0.1, 0.15) is 44.9 Å². The number of para-hydroxylation sites is 2. The lowest BCUT2D eigenvalue weighted by molar-refractivity contribution is -0.131. The van der Waals surface area contributed by atoms with Crippen molar-refractivity contribution in [2.45, 2.75) is 44.9 Å². The van der Waals surface area contributed by atoms with Crippen LogP contribution < -0.4 is 10.7 Å². The highest BCUT2D eigenvalue weighted by Gasteiger charge is 2.51. The Hall–Kier alpha value is -2.37. The number of nitrogens with zero attached hydrogens (tertiary/aromatic N) is 2. The fourth-order valence-electron chi connectivity index (χ4n) is 6.31. The molecule has 0 spiro atoms. The van der Waals surface area contributed by atoms with Gasteiger partial charge in [-0.05, 0) is 73.8 Å². The molecule has 1 heterocycles. The molecule has 4 fully saturated rings. The molecule has 2 N–H and O–H groups in total. The lowest BCUT2D eigenvalue weighted by Gasteiger charge is -2.56. The van der Waals surface area contributed by atoms with Crippen molar-refractivity contribution in [1.82, 2.24) is 15.0 Å². The van der Waals surface area contributed by atoms with Gasteiger partial charge in [0.1, 0.15) is 6.33 Å². The summed E-state index contributed by atoms with van der Waals surface area (Å²) >= 11 is 0. The van der Waals surface area contributed by atoms with E-state index in [1.165, 1.54) is 38.5 Å². The molecule has 0 radical (unpaired) electrons. The van der Waals surface area contributed by atoms with Crippen molar-refractivity contribution in [3.63, 3.8) is 0 Å². The molecule has 1 aromatic carbocycles. The number of carbonyl (C=O) groups excluding carboxylic acids is 2. The van der Waals surface area contributed by atoms with Gasteiger partial charge in [-0.2, -0.15) is 0 Å². The van der Waals surface area contributed by atoms with Gasteiger partial charge in [-0.3, -0.25) is 15.0 Å². The second-order valence-electron chi connectivity index (χ2n) is 9.01. The minimum Gasteiger partial charge on any atom is -0.347 e. The van der Waals surface area contributed by atoms with E-state index < -0.39 is 0 Å². The predicted octanol–water partition coefficient (Wildman–Crippen LogP) is 2.83. The molecular formula is C21H26N4O2. The highest BCUT2D eigenvalue weighted by molar-refractivity contribution is 5.91. The van der Waals surface area contributed by atoms with Crippen LogP contribution in [0.3, 0.4) is 0 Å². The summed E-state index contributed by atoms with van der Waals surface area (Å²) in [5.74, 6) is 2.28. The molecule has 27 heavy (non-hydrogen) atoms. The van der Waals surface area contributed by atoms with Crippen LogP contribution in [0.4, 0.5) is 0 Å². The summed E-state index contributed by atoms with van der Waals surface area (Å²) in [6.07, 6.45) is 9.92. The molecule has 4 bridgehead atoms.